The summed E-state index contributed by atoms with van der Waals surface area (Å²) in [7, 11) is -3.73. The lowest BCUT2D eigenvalue weighted by Crippen LogP contribution is -2.48. The molecule has 1 aliphatic heterocycles. The van der Waals surface area contributed by atoms with Crippen molar-refractivity contribution in [1.29, 1.82) is 0 Å². The van der Waals surface area contributed by atoms with Gasteiger partial charge in [0.15, 0.2) is 0 Å². The van der Waals surface area contributed by atoms with Crippen LogP contribution in [0.3, 0.4) is 0 Å². The number of hydrogen-bond donors (Lipinski definition) is 0. The quantitative estimate of drug-likeness (QED) is 0.762. The Hall–Kier alpha value is -2.19. The van der Waals surface area contributed by atoms with Gasteiger partial charge in [-0.2, -0.15) is 8.42 Å². The second-order valence-corrected chi connectivity index (χ2v) is 7.93. The maximum atomic E-state index is 14.1. The van der Waals surface area contributed by atoms with Gasteiger partial charge in [0, 0.05) is 6.54 Å². The van der Waals surface area contributed by atoms with Crippen LogP contribution in [0.2, 0.25) is 0 Å². The van der Waals surface area contributed by atoms with E-state index < -0.39 is 28.5 Å². The van der Waals surface area contributed by atoms with Crippen molar-refractivity contribution in [3.8, 4) is 0 Å². The Morgan fingerprint density at radius 2 is 1.96 bits per heavy atom. The van der Waals surface area contributed by atoms with Gasteiger partial charge in [-0.1, -0.05) is 36.4 Å². The number of rotatable bonds is 4. The summed E-state index contributed by atoms with van der Waals surface area (Å²) in [5.41, 5.74) is 0.837. The first-order chi connectivity index (χ1) is 12.3. The van der Waals surface area contributed by atoms with Crippen LogP contribution in [0.4, 0.5) is 9.18 Å². The molecule has 2 aromatic carbocycles. The van der Waals surface area contributed by atoms with Crippen molar-refractivity contribution >= 4 is 27.0 Å². The van der Waals surface area contributed by atoms with Crippen molar-refractivity contribution in [3.63, 3.8) is 0 Å². The third kappa shape index (κ3) is 4.70. The second-order valence-electron chi connectivity index (χ2n) is 6.33. The third-order valence-corrected chi connectivity index (χ3v) is 4.81. The lowest BCUT2D eigenvalue weighted by molar-refractivity contribution is 0.0180. The number of benzene rings is 2. The smallest absolute Gasteiger partial charge is 0.410 e. The molecule has 26 heavy (non-hydrogen) atoms. The molecule has 2 atom stereocenters. The SMILES string of the molecule is CS(=O)(=O)O[C@@H]1CCN(C(=O)OCc2ccc3ccccc3c2)C[C@@H]1F. The van der Waals surface area contributed by atoms with E-state index >= 15 is 0 Å². The fraction of sp³-hybridized carbons (Fsp3) is 0.389. The molecule has 140 valence electrons. The zero-order valence-electron chi connectivity index (χ0n) is 14.3. The van der Waals surface area contributed by atoms with Crippen molar-refractivity contribution < 1.29 is 26.5 Å². The Bertz CT molecular complexity index is 901. The number of nitrogens with zero attached hydrogens (tertiary/aromatic N) is 1. The lowest BCUT2D eigenvalue weighted by atomic mass is 10.1. The summed E-state index contributed by atoms with van der Waals surface area (Å²) in [5, 5.41) is 2.14. The molecular weight excluding hydrogens is 361 g/mol. The number of ether oxygens (including phenoxy) is 1. The number of amides is 1. The van der Waals surface area contributed by atoms with E-state index in [1.54, 1.807) is 0 Å². The fourth-order valence-corrected chi connectivity index (χ4v) is 3.61. The second kappa shape index (κ2) is 7.59. The molecule has 8 heteroatoms. The number of fused-ring (bicyclic) bond motifs is 1. The average molecular weight is 381 g/mol. The third-order valence-electron chi connectivity index (χ3n) is 4.21. The summed E-state index contributed by atoms with van der Waals surface area (Å²) in [4.78, 5) is 13.4. The number of alkyl halides is 1. The van der Waals surface area contributed by atoms with Crippen LogP contribution >= 0.6 is 0 Å². The van der Waals surface area contributed by atoms with Crippen LogP contribution in [0.1, 0.15) is 12.0 Å². The molecule has 1 saturated heterocycles. The van der Waals surface area contributed by atoms with Gasteiger partial charge in [-0.3, -0.25) is 4.18 Å². The van der Waals surface area contributed by atoms with E-state index in [0.29, 0.717) is 0 Å². The van der Waals surface area contributed by atoms with Gasteiger partial charge in [-0.25, -0.2) is 9.18 Å². The number of likely N-dealkylation sites (tertiary alicyclic amines) is 1. The van der Waals surface area contributed by atoms with E-state index in [9.17, 15) is 17.6 Å². The van der Waals surface area contributed by atoms with Crippen molar-refractivity contribution in [2.45, 2.75) is 25.3 Å². The largest absolute Gasteiger partial charge is 0.445 e. The van der Waals surface area contributed by atoms with E-state index in [1.807, 2.05) is 42.5 Å². The number of carbonyl (C=O) groups is 1. The van der Waals surface area contributed by atoms with Crippen molar-refractivity contribution in [1.82, 2.24) is 4.90 Å². The maximum Gasteiger partial charge on any atom is 0.410 e. The van der Waals surface area contributed by atoms with Gasteiger partial charge >= 0.3 is 6.09 Å². The monoisotopic (exact) mass is 381 g/mol. The summed E-state index contributed by atoms with van der Waals surface area (Å²) in [5.74, 6) is 0. The summed E-state index contributed by atoms with van der Waals surface area (Å²) in [6, 6.07) is 13.6. The Balaban J connectivity index is 1.55. The highest BCUT2D eigenvalue weighted by molar-refractivity contribution is 7.86. The van der Waals surface area contributed by atoms with Crippen molar-refractivity contribution in [2.75, 3.05) is 19.3 Å². The zero-order valence-corrected chi connectivity index (χ0v) is 15.1. The maximum absolute atomic E-state index is 14.1. The molecule has 1 aliphatic rings. The van der Waals surface area contributed by atoms with Gasteiger partial charge in [0.05, 0.1) is 12.8 Å². The van der Waals surface area contributed by atoms with Crippen LogP contribution in [0.15, 0.2) is 42.5 Å². The first-order valence-corrected chi connectivity index (χ1v) is 10.1. The molecule has 1 amide bonds. The molecule has 0 spiro atoms. The normalized spacial score (nSPS) is 20.9. The molecule has 0 radical (unpaired) electrons. The highest BCUT2D eigenvalue weighted by Gasteiger charge is 2.35. The van der Waals surface area contributed by atoms with Crippen LogP contribution in [-0.2, 0) is 25.6 Å². The first-order valence-electron chi connectivity index (χ1n) is 8.23. The van der Waals surface area contributed by atoms with Crippen LogP contribution < -0.4 is 0 Å². The number of carbonyl (C=O) groups excluding carboxylic acids is 1. The molecule has 0 unspecified atom stereocenters. The summed E-state index contributed by atoms with van der Waals surface area (Å²) < 4.78 is 46.3. The van der Waals surface area contributed by atoms with Gasteiger partial charge < -0.3 is 9.64 Å². The van der Waals surface area contributed by atoms with Gasteiger partial charge in [0.2, 0.25) is 0 Å². The average Bonchev–Trinajstić information content (AvgIpc) is 2.60. The van der Waals surface area contributed by atoms with Crippen molar-refractivity contribution in [2.24, 2.45) is 0 Å². The molecule has 0 N–H and O–H groups in total. The Morgan fingerprint density at radius 1 is 1.23 bits per heavy atom. The highest BCUT2D eigenvalue weighted by atomic mass is 32.2. The lowest BCUT2D eigenvalue weighted by Gasteiger charge is -2.33. The molecule has 1 fully saturated rings. The number of piperidine rings is 1. The van der Waals surface area contributed by atoms with E-state index in [0.717, 1.165) is 22.6 Å². The summed E-state index contributed by atoms with van der Waals surface area (Å²) in [6.07, 6.45) is -2.29. The minimum Gasteiger partial charge on any atom is -0.445 e. The Labute approximate surface area is 151 Å². The molecule has 1 heterocycles. The van der Waals surface area contributed by atoms with Crippen LogP contribution in [0.5, 0.6) is 0 Å². The fourth-order valence-electron chi connectivity index (χ4n) is 2.95. The van der Waals surface area contributed by atoms with Gasteiger partial charge in [-0.15, -0.1) is 0 Å². The van der Waals surface area contributed by atoms with Crippen LogP contribution in [-0.4, -0.2) is 51.0 Å². The van der Waals surface area contributed by atoms with Crippen molar-refractivity contribution in [3.05, 3.63) is 48.0 Å². The first kappa shape index (κ1) is 18.6. The minimum atomic E-state index is -3.73. The zero-order chi connectivity index (χ0) is 18.7. The van der Waals surface area contributed by atoms with E-state index in [2.05, 4.69) is 0 Å². The van der Waals surface area contributed by atoms with Gasteiger partial charge in [-0.05, 0) is 28.8 Å². The van der Waals surface area contributed by atoms with E-state index in [4.69, 9.17) is 8.92 Å². The minimum absolute atomic E-state index is 0.0837. The van der Waals surface area contributed by atoms with E-state index in [1.165, 1.54) is 4.90 Å². The van der Waals surface area contributed by atoms with Crippen LogP contribution in [0, 0.1) is 0 Å². The molecule has 0 aliphatic carbocycles. The number of halogens is 1. The molecule has 6 nitrogen and oxygen atoms in total. The topological polar surface area (TPSA) is 72.9 Å². The van der Waals surface area contributed by atoms with Crippen LogP contribution in [0.25, 0.3) is 10.8 Å². The molecule has 0 bridgehead atoms. The molecular formula is C18H20FNO5S. The predicted molar refractivity (Wildman–Crippen MR) is 94.9 cm³/mol. The molecule has 2 aromatic rings. The summed E-state index contributed by atoms with van der Waals surface area (Å²) >= 11 is 0. The number of hydrogen-bond acceptors (Lipinski definition) is 5. The van der Waals surface area contributed by atoms with Gasteiger partial charge in [0.25, 0.3) is 10.1 Å². The standard InChI is InChI=1S/C18H20FNO5S/c1-26(22,23)25-17-8-9-20(11-16(17)19)18(21)24-12-13-6-7-14-4-2-3-5-15(14)10-13/h2-7,10,16-17H,8-9,11-12H2,1H3/t16-,17+/m0/s1. The molecule has 0 saturated carbocycles. The molecule has 3 rings (SSSR count). The van der Waals surface area contributed by atoms with Gasteiger partial charge in [0.1, 0.15) is 18.9 Å². The highest BCUT2D eigenvalue weighted by Crippen LogP contribution is 2.20. The Kier molecular flexibility index (Phi) is 5.43. The Morgan fingerprint density at radius 3 is 2.65 bits per heavy atom. The molecule has 0 aromatic heterocycles. The summed E-state index contributed by atoms with van der Waals surface area (Å²) in [6.45, 7) is 0.00822. The van der Waals surface area contributed by atoms with E-state index in [-0.39, 0.29) is 26.1 Å². The predicted octanol–water partition coefficient (Wildman–Crippen LogP) is 2.87.